The predicted octanol–water partition coefficient (Wildman–Crippen LogP) is 2.87. The lowest BCUT2D eigenvalue weighted by molar-refractivity contribution is -0.136. The number of carbonyl (C=O) groups is 2. The predicted molar refractivity (Wildman–Crippen MR) is 89.1 cm³/mol. The van der Waals surface area contributed by atoms with Gasteiger partial charge in [-0.15, -0.1) is 0 Å². The van der Waals surface area contributed by atoms with Crippen LogP contribution in [0.25, 0.3) is 0 Å². The van der Waals surface area contributed by atoms with Gasteiger partial charge in [0, 0.05) is 12.1 Å². The summed E-state index contributed by atoms with van der Waals surface area (Å²) >= 11 is 0. The molecule has 0 aliphatic rings. The van der Waals surface area contributed by atoms with E-state index in [1.807, 2.05) is 13.8 Å². The molecule has 0 saturated carbocycles. The summed E-state index contributed by atoms with van der Waals surface area (Å²) in [5.74, 6) is -1.65. The molecule has 2 amide bonds. The van der Waals surface area contributed by atoms with E-state index in [0.717, 1.165) is 0 Å². The Morgan fingerprint density at radius 1 is 1.04 bits per heavy atom. The molecule has 2 N–H and O–H groups in total. The second kappa shape index (κ2) is 8.10. The molecule has 2 rings (SSSR count). The largest absolute Gasteiger partial charge is 0.489 e. The maximum Gasteiger partial charge on any atom is 0.313 e. The molecule has 0 aliphatic carbocycles. The van der Waals surface area contributed by atoms with Gasteiger partial charge in [0.1, 0.15) is 11.6 Å². The second-order valence-corrected chi connectivity index (χ2v) is 5.39. The van der Waals surface area contributed by atoms with Gasteiger partial charge in [0.2, 0.25) is 0 Å². The number of carbonyl (C=O) groups excluding carboxylic acids is 2. The van der Waals surface area contributed by atoms with E-state index >= 15 is 0 Å². The van der Waals surface area contributed by atoms with E-state index in [9.17, 15) is 14.0 Å². The van der Waals surface area contributed by atoms with Crippen molar-refractivity contribution in [2.75, 3.05) is 5.32 Å². The van der Waals surface area contributed by atoms with Crippen LogP contribution in [0.15, 0.2) is 48.5 Å². The van der Waals surface area contributed by atoms with Crippen LogP contribution in [0.2, 0.25) is 0 Å². The average Bonchev–Trinajstić information content (AvgIpc) is 2.55. The summed E-state index contributed by atoms with van der Waals surface area (Å²) in [5.41, 5.74) is 0.708. The highest BCUT2D eigenvalue weighted by Gasteiger charge is 2.16. The molecule has 6 heteroatoms. The molecule has 0 saturated heterocycles. The zero-order valence-electron chi connectivity index (χ0n) is 13.5. The van der Waals surface area contributed by atoms with Crippen molar-refractivity contribution >= 4 is 17.5 Å². The molecule has 0 heterocycles. The van der Waals surface area contributed by atoms with E-state index in [4.69, 9.17) is 4.74 Å². The first-order chi connectivity index (χ1) is 11.5. The first kappa shape index (κ1) is 17.5. The van der Waals surface area contributed by atoms with Crippen LogP contribution < -0.4 is 15.4 Å². The lowest BCUT2D eigenvalue weighted by Gasteiger charge is -2.14. The van der Waals surface area contributed by atoms with Crippen LogP contribution in [0.3, 0.4) is 0 Å². The number of hydrogen-bond donors (Lipinski definition) is 2. The van der Waals surface area contributed by atoms with Gasteiger partial charge in [-0.1, -0.05) is 30.3 Å². The lowest BCUT2D eigenvalue weighted by Crippen LogP contribution is -2.35. The second-order valence-electron chi connectivity index (χ2n) is 5.39. The van der Waals surface area contributed by atoms with Crippen molar-refractivity contribution < 1.29 is 18.7 Å². The van der Waals surface area contributed by atoms with Crippen LogP contribution in [0.1, 0.15) is 19.4 Å². The van der Waals surface area contributed by atoms with Crippen molar-refractivity contribution in [3.8, 4) is 5.75 Å². The summed E-state index contributed by atoms with van der Waals surface area (Å²) in [6.45, 7) is 3.66. The van der Waals surface area contributed by atoms with Crippen LogP contribution in [0.5, 0.6) is 5.75 Å². The highest BCUT2D eigenvalue weighted by Crippen LogP contribution is 2.24. The van der Waals surface area contributed by atoms with Gasteiger partial charge in [-0.2, -0.15) is 0 Å². The molecule has 5 nitrogen and oxygen atoms in total. The zero-order chi connectivity index (χ0) is 17.5. The Kier molecular flexibility index (Phi) is 5.89. The number of hydrogen-bond acceptors (Lipinski definition) is 3. The van der Waals surface area contributed by atoms with E-state index in [0.29, 0.717) is 17.0 Å². The first-order valence-electron chi connectivity index (χ1n) is 7.55. The van der Waals surface area contributed by atoms with Crippen molar-refractivity contribution in [3.63, 3.8) is 0 Å². The van der Waals surface area contributed by atoms with Gasteiger partial charge < -0.3 is 15.4 Å². The van der Waals surface area contributed by atoms with Gasteiger partial charge in [-0.3, -0.25) is 9.59 Å². The summed E-state index contributed by atoms with van der Waals surface area (Å²) in [6, 6.07) is 12.9. The number of ether oxygens (including phenoxy) is 1. The summed E-state index contributed by atoms with van der Waals surface area (Å²) in [6.07, 6.45) is -0.0714. The first-order valence-corrected chi connectivity index (χ1v) is 7.55. The number of nitrogens with one attached hydrogen (secondary N) is 2. The summed E-state index contributed by atoms with van der Waals surface area (Å²) < 4.78 is 19.1. The molecular weight excluding hydrogens is 311 g/mol. The molecule has 0 aliphatic heterocycles. The average molecular weight is 330 g/mol. The van der Waals surface area contributed by atoms with Crippen molar-refractivity contribution in [2.45, 2.75) is 26.5 Å². The molecule has 0 aromatic heterocycles. The van der Waals surface area contributed by atoms with Crippen molar-refractivity contribution in [2.24, 2.45) is 0 Å². The molecule has 0 radical (unpaired) electrons. The fraction of sp³-hybridized carbons (Fsp3) is 0.222. The Morgan fingerprint density at radius 2 is 1.71 bits per heavy atom. The number of para-hydroxylation sites is 2. The number of benzene rings is 2. The van der Waals surface area contributed by atoms with Crippen molar-refractivity contribution in [3.05, 3.63) is 59.9 Å². The van der Waals surface area contributed by atoms with Gasteiger partial charge >= 0.3 is 11.8 Å². The van der Waals surface area contributed by atoms with Crippen LogP contribution in [-0.2, 0) is 16.1 Å². The Balaban J connectivity index is 1.97. The number of anilines is 1. The van der Waals surface area contributed by atoms with E-state index in [1.165, 1.54) is 6.07 Å². The molecule has 0 bridgehead atoms. The minimum Gasteiger partial charge on any atom is -0.489 e. The van der Waals surface area contributed by atoms with Gasteiger partial charge in [0.05, 0.1) is 11.8 Å². The SMILES string of the molecule is CC(C)Oc1ccccc1NC(=O)C(=O)NCc1ccccc1F. The van der Waals surface area contributed by atoms with Crippen LogP contribution in [0.4, 0.5) is 10.1 Å². The highest BCUT2D eigenvalue weighted by molar-refractivity contribution is 6.39. The molecule has 2 aromatic carbocycles. The maximum atomic E-state index is 13.5. The van der Waals surface area contributed by atoms with E-state index in [2.05, 4.69) is 10.6 Å². The van der Waals surface area contributed by atoms with Gasteiger partial charge in [-0.05, 0) is 32.0 Å². The minimum absolute atomic E-state index is 0.0664. The normalized spacial score (nSPS) is 10.3. The zero-order valence-corrected chi connectivity index (χ0v) is 13.5. The van der Waals surface area contributed by atoms with Crippen LogP contribution in [0, 0.1) is 5.82 Å². The van der Waals surface area contributed by atoms with Crippen LogP contribution in [-0.4, -0.2) is 17.9 Å². The quantitative estimate of drug-likeness (QED) is 0.829. The maximum absolute atomic E-state index is 13.5. The molecular formula is C18H19FN2O3. The third-order valence-corrected chi connectivity index (χ3v) is 3.10. The standard InChI is InChI=1S/C18H19FN2O3/c1-12(2)24-16-10-6-5-9-15(16)21-18(23)17(22)20-11-13-7-3-4-8-14(13)19/h3-10,12H,11H2,1-2H3,(H,20,22)(H,21,23). The van der Waals surface area contributed by atoms with Gasteiger partial charge in [0.15, 0.2) is 0 Å². The molecule has 0 spiro atoms. The van der Waals surface area contributed by atoms with E-state index < -0.39 is 17.6 Å². The Morgan fingerprint density at radius 3 is 2.42 bits per heavy atom. The Bertz CT molecular complexity index is 732. The van der Waals surface area contributed by atoms with Crippen LogP contribution >= 0.6 is 0 Å². The molecule has 0 atom stereocenters. The Hall–Kier alpha value is -2.89. The number of halogens is 1. The van der Waals surface area contributed by atoms with Gasteiger partial charge in [-0.25, -0.2) is 4.39 Å². The Labute approximate surface area is 139 Å². The molecule has 0 fully saturated rings. The third-order valence-electron chi connectivity index (χ3n) is 3.10. The topological polar surface area (TPSA) is 67.4 Å². The summed E-state index contributed by atoms with van der Waals surface area (Å²) in [4.78, 5) is 23.9. The monoisotopic (exact) mass is 330 g/mol. The van der Waals surface area contributed by atoms with Crippen molar-refractivity contribution in [1.29, 1.82) is 0 Å². The van der Waals surface area contributed by atoms with Crippen molar-refractivity contribution in [1.82, 2.24) is 5.32 Å². The summed E-state index contributed by atoms with van der Waals surface area (Å²) in [7, 11) is 0. The van der Waals surface area contributed by atoms with Gasteiger partial charge in [0.25, 0.3) is 0 Å². The fourth-order valence-electron chi connectivity index (χ4n) is 2.00. The fourth-order valence-corrected chi connectivity index (χ4v) is 2.00. The number of rotatable bonds is 5. The minimum atomic E-state index is -0.849. The molecule has 24 heavy (non-hydrogen) atoms. The smallest absolute Gasteiger partial charge is 0.313 e. The van der Waals surface area contributed by atoms with E-state index in [1.54, 1.807) is 42.5 Å². The lowest BCUT2D eigenvalue weighted by atomic mass is 10.2. The number of amides is 2. The summed E-state index contributed by atoms with van der Waals surface area (Å²) in [5, 5.41) is 4.89. The third kappa shape index (κ3) is 4.81. The molecule has 126 valence electrons. The van der Waals surface area contributed by atoms with E-state index in [-0.39, 0.29) is 12.6 Å². The molecule has 2 aromatic rings. The molecule has 0 unspecified atom stereocenters. The highest BCUT2D eigenvalue weighted by atomic mass is 19.1.